The van der Waals surface area contributed by atoms with Crippen LogP contribution in [-0.2, 0) is 4.79 Å². The van der Waals surface area contributed by atoms with E-state index in [0.29, 0.717) is 0 Å². The average molecular weight is 174 g/mol. The van der Waals surface area contributed by atoms with Gasteiger partial charge in [0.2, 0.25) is 0 Å². The van der Waals surface area contributed by atoms with E-state index in [0.717, 1.165) is 23.8 Å². The van der Waals surface area contributed by atoms with Crippen molar-refractivity contribution < 1.29 is 4.79 Å². The van der Waals surface area contributed by atoms with Gasteiger partial charge in [0.05, 0.1) is 0 Å². The van der Waals surface area contributed by atoms with Gasteiger partial charge >= 0.3 is 0 Å². The zero-order valence-electron chi connectivity index (χ0n) is 8.08. The molecule has 0 spiro atoms. The molecule has 1 nitrogen and oxygen atoms in total. The number of rotatable bonds is 3. The minimum absolute atomic E-state index is 0.846. The second-order valence-electron chi connectivity index (χ2n) is 3.05. The van der Waals surface area contributed by atoms with Crippen LogP contribution in [0, 0.1) is 6.92 Å². The summed E-state index contributed by atoms with van der Waals surface area (Å²) in [4.78, 5) is 10.3. The first-order chi connectivity index (χ1) is 6.27. The summed E-state index contributed by atoms with van der Waals surface area (Å²) in [5, 5.41) is 0. The summed E-state index contributed by atoms with van der Waals surface area (Å²) in [6.07, 6.45) is 3.37. The third-order valence-corrected chi connectivity index (χ3v) is 2.07. The molecule has 0 atom stereocenters. The van der Waals surface area contributed by atoms with Crippen molar-refractivity contribution in [2.24, 2.45) is 0 Å². The Kier molecular flexibility index (Phi) is 3.44. The van der Waals surface area contributed by atoms with E-state index in [2.05, 4.69) is 26.0 Å². The Bertz CT molecular complexity index is 306. The van der Waals surface area contributed by atoms with E-state index < -0.39 is 0 Å². The van der Waals surface area contributed by atoms with E-state index in [9.17, 15) is 4.79 Å². The first-order valence-electron chi connectivity index (χ1n) is 4.49. The monoisotopic (exact) mass is 174 g/mol. The van der Waals surface area contributed by atoms with Crippen LogP contribution in [0.15, 0.2) is 30.3 Å². The summed E-state index contributed by atoms with van der Waals surface area (Å²) in [7, 11) is 0. The van der Waals surface area contributed by atoms with Crippen LogP contribution in [0.4, 0.5) is 0 Å². The molecule has 0 amide bonds. The van der Waals surface area contributed by atoms with Gasteiger partial charge in [-0.1, -0.05) is 36.8 Å². The molecule has 0 aliphatic rings. The summed E-state index contributed by atoms with van der Waals surface area (Å²) in [6.45, 7) is 4.11. The van der Waals surface area contributed by atoms with Gasteiger partial charge in [0, 0.05) is 0 Å². The van der Waals surface area contributed by atoms with E-state index in [1.54, 1.807) is 6.08 Å². The van der Waals surface area contributed by atoms with E-state index in [4.69, 9.17) is 0 Å². The molecular weight excluding hydrogens is 160 g/mol. The van der Waals surface area contributed by atoms with Crippen molar-refractivity contribution >= 4 is 11.9 Å². The third kappa shape index (κ3) is 2.55. The summed E-state index contributed by atoms with van der Waals surface area (Å²) in [6, 6.07) is 8.22. The molecule has 0 aliphatic heterocycles. The van der Waals surface area contributed by atoms with Crippen molar-refractivity contribution in [2.75, 3.05) is 0 Å². The van der Waals surface area contributed by atoms with Gasteiger partial charge in [0.25, 0.3) is 0 Å². The van der Waals surface area contributed by atoms with Gasteiger partial charge in [-0.2, -0.15) is 0 Å². The van der Waals surface area contributed by atoms with Gasteiger partial charge in [-0.3, -0.25) is 4.79 Å². The highest BCUT2D eigenvalue weighted by atomic mass is 16.1. The minimum atomic E-state index is 0.846. The molecule has 0 aromatic heterocycles. The van der Waals surface area contributed by atoms with Crippen molar-refractivity contribution in [1.29, 1.82) is 0 Å². The molecule has 1 heteroatoms. The third-order valence-electron chi connectivity index (χ3n) is 2.07. The molecule has 13 heavy (non-hydrogen) atoms. The first kappa shape index (κ1) is 9.72. The fraction of sp³-hybridized carbons (Fsp3) is 0.250. The van der Waals surface area contributed by atoms with Crippen LogP contribution in [-0.4, -0.2) is 6.29 Å². The predicted molar refractivity (Wildman–Crippen MR) is 55.5 cm³/mol. The molecule has 0 heterocycles. The molecular formula is C12H14O. The lowest BCUT2D eigenvalue weighted by atomic mass is 10.0. The van der Waals surface area contributed by atoms with Gasteiger partial charge < -0.3 is 0 Å². The quantitative estimate of drug-likeness (QED) is 0.508. The Hall–Kier alpha value is -1.37. The van der Waals surface area contributed by atoms with Crippen LogP contribution < -0.4 is 0 Å². The molecule has 0 saturated heterocycles. The normalized spacial score (nSPS) is 11.4. The molecule has 0 aliphatic carbocycles. The molecule has 1 rings (SSSR count). The summed E-state index contributed by atoms with van der Waals surface area (Å²) in [5.41, 5.74) is 3.47. The first-order valence-corrected chi connectivity index (χ1v) is 4.49. The smallest absolute Gasteiger partial charge is 0.143 e. The molecule has 0 bridgehead atoms. The van der Waals surface area contributed by atoms with E-state index in [1.165, 1.54) is 5.56 Å². The lowest BCUT2D eigenvalue weighted by molar-refractivity contribution is -0.104. The van der Waals surface area contributed by atoms with Crippen LogP contribution in [0.2, 0.25) is 0 Å². The Balaban J connectivity index is 2.99. The van der Waals surface area contributed by atoms with Crippen molar-refractivity contribution in [3.05, 3.63) is 41.5 Å². The number of hydrogen-bond acceptors (Lipinski definition) is 1. The maximum atomic E-state index is 10.3. The molecule has 0 radical (unpaired) electrons. The lowest BCUT2D eigenvalue weighted by Gasteiger charge is -2.03. The standard InChI is InChI=1S/C12H14O/c1-3-11(8-9-13)12-6-4-10(2)5-7-12/h4-9H,3H2,1-2H3/b11-8+. The number of carbonyl (C=O) groups excluding carboxylic acids is 1. The van der Waals surface area contributed by atoms with Gasteiger partial charge in [-0.15, -0.1) is 0 Å². The Morgan fingerprint density at radius 3 is 2.38 bits per heavy atom. The van der Waals surface area contributed by atoms with Crippen LogP contribution in [0.5, 0.6) is 0 Å². The molecule has 0 N–H and O–H groups in total. The topological polar surface area (TPSA) is 17.1 Å². The molecule has 1 aromatic rings. The lowest BCUT2D eigenvalue weighted by Crippen LogP contribution is -1.83. The van der Waals surface area contributed by atoms with Gasteiger partial charge in [0.15, 0.2) is 0 Å². The Morgan fingerprint density at radius 1 is 1.31 bits per heavy atom. The minimum Gasteiger partial charge on any atom is -0.299 e. The van der Waals surface area contributed by atoms with E-state index >= 15 is 0 Å². The van der Waals surface area contributed by atoms with Crippen LogP contribution in [0.1, 0.15) is 24.5 Å². The van der Waals surface area contributed by atoms with Crippen molar-refractivity contribution in [3.63, 3.8) is 0 Å². The number of aldehydes is 1. The number of carbonyl (C=O) groups is 1. The summed E-state index contributed by atoms with van der Waals surface area (Å²) in [5.74, 6) is 0. The summed E-state index contributed by atoms with van der Waals surface area (Å²) < 4.78 is 0. The van der Waals surface area contributed by atoms with E-state index in [-0.39, 0.29) is 0 Å². The Labute approximate surface area is 79.1 Å². The van der Waals surface area contributed by atoms with Gasteiger partial charge in [0.1, 0.15) is 6.29 Å². The highest BCUT2D eigenvalue weighted by Gasteiger charge is 1.97. The second-order valence-corrected chi connectivity index (χ2v) is 3.05. The summed E-state index contributed by atoms with van der Waals surface area (Å²) >= 11 is 0. The van der Waals surface area contributed by atoms with Crippen LogP contribution >= 0.6 is 0 Å². The molecule has 0 unspecified atom stereocenters. The Morgan fingerprint density at radius 2 is 1.92 bits per heavy atom. The van der Waals surface area contributed by atoms with Crippen molar-refractivity contribution in [2.45, 2.75) is 20.3 Å². The van der Waals surface area contributed by atoms with Gasteiger partial charge in [-0.05, 0) is 30.6 Å². The molecule has 68 valence electrons. The molecule has 0 saturated carbocycles. The zero-order valence-corrected chi connectivity index (χ0v) is 8.08. The SMILES string of the molecule is CC/C(=C\C=O)c1ccc(C)cc1. The van der Waals surface area contributed by atoms with Crippen LogP contribution in [0.3, 0.4) is 0 Å². The number of allylic oxidation sites excluding steroid dienone is 2. The van der Waals surface area contributed by atoms with Crippen molar-refractivity contribution in [3.8, 4) is 0 Å². The fourth-order valence-electron chi connectivity index (χ4n) is 1.27. The largest absolute Gasteiger partial charge is 0.299 e. The highest BCUT2D eigenvalue weighted by Crippen LogP contribution is 2.17. The number of aryl methyl sites for hydroxylation is 1. The fourth-order valence-corrected chi connectivity index (χ4v) is 1.27. The number of hydrogen-bond donors (Lipinski definition) is 0. The number of benzene rings is 1. The maximum absolute atomic E-state index is 10.3. The zero-order chi connectivity index (χ0) is 9.68. The second kappa shape index (κ2) is 4.61. The average Bonchev–Trinajstić information content (AvgIpc) is 2.16. The molecule has 0 fully saturated rings. The van der Waals surface area contributed by atoms with Crippen LogP contribution in [0.25, 0.3) is 5.57 Å². The highest BCUT2D eigenvalue weighted by molar-refractivity contribution is 5.81. The maximum Gasteiger partial charge on any atom is 0.143 e. The molecule has 1 aromatic carbocycles. The van der Waals surface area contributed by atoms with Crippen molar-refractivity contribution in [1.82, 2.24) is 0 Å². The predicted octanol–water partition coefficient (Wildman–Crippen LogP) is 2.99. The van der Waals surface area contributed by atoms with Gasteiger partial charge in [-0.25, -0.2) is 0 Å². The van der Waals surface area contributed by atoms with E-state index in [1.807, 2.05) is 12.1 Å².